The van der Waals surface area contributed by atoms with Gasteiger partial charge in [0, 0.05) is 24.3 Å². The van der Waals surface area contributed by atoms with E-state index in [2.05, 4.69) is 12.2 Å². The molecular weight excluding hydrogens is 316 g/mol. The first-order valence-electron chi connectivity index (χ1n) is 8.57. The molecule has 1 aliphatic rings. The van der Waals surface area contributed by atoms with E-state index >= 15 is 0 Å². The molecule has 2 amide bonds. The Morgan fingerprint density at radius 2 is 1.84 bits per heavy atom. The first-order chi connectivity index (χ1) is 12.2. The highest BCUT2D eigenvalue weighted by molar-refractivity contribution is 5.95. The fourth-order valence-corrected chi connectivity index (χ4v) is 2.81. The minimum atomic E-state index is -0.206. The molecule has 1 fully saturated rings. The van der Waals surface area contributed by atoms with Crippen molar-refractivity contribution in [3.63, 3.8) is 0 Å². The van der Waals surface area contributed by atoms with Gasteiger partial charge in [0.25, 0.3) is 5.91 Å². The number of anilines is 2. The molecule has 5 nitrogen and oxygen atoms in total. The topological polar surface area (TPSA) is 58.6 Å². The van der Waals surface area contributed by atoms with Crippen LogP contribution < -0.4 is 15.0 Å². The fraction of sp³-hybridized carbons (Fsp3) is 0.300. The number of nitrogens with one attached hydrogen (secondary N) is 1. The Morgan fingerprint density at radius 1 is 1.12 bits per heavy atom. The average Bonchev–Trinajstić information content (AvgIpc) is 3.07. The number of hydrogen-bond donors (Lipinski definition) is 1. The van der Waals surface area contributed by atoms with Crippen molar-refractivity contribution in [1.29, 1.82) is 0 Å². The molecule has 3 rings (SSSR count). The summed E-state index contributed by atoms with van der Waals surface area (Å²) in [5.41, 5.74) is 2.86. The second kappa shape index (κ2) is 7.83. The summed E-state index contributed by atoms with van der Waals surface area (Å²) in [6.07, 6.45) is 2.48. The van der Waals surface area contributed by atoms with Gasteiger partial charge in [-0.3, -0.25) is 9.59 Å². The summed E-state index contributed by atoms with van der Waals surface area (Å²) >= 11 is 0. The minimum absolute atomic E-state index is 0.0580. The third kappa shape index (κ3) is 4.38. The van der Waals surface area contributed by atoms with Gasteiger partial charge in [-0.1, -0.05) is 19.1 Å². The fourth-order valence-electron chi connectivity index (χ4n) is 2.81. The molecule has 2 aromatic rings. The highest BCUT2D eigenvalue weighted by Gasteiger charge is 2.21. The van der Waals surface area contributed by atoms with Crippen LogP contribution in [0, 0.1) is 0 Å². The first kappa shape index (κ1) is 17.0. The van der Waals surface area contributed by atoms with E-state index in [1.165, 1.54) is 5.56 Å². The monoisotopic (exact) mass is 338 g/mol. The Morgan fingerprint density at radius 3 is 2.44 bits per heavy atom. The Labute approximate surface area is 147 Å². The third-order valence-electron chi connectivity index (χ3n) is 4.24. The molecule has 0 aliphatic carbocycles. The summed E-state index contributed by atoms with van der Waals surface area (Å²) in [4.78, 5) is 25.5. The summed E-state index contributed by atoms with van der Waals surface area (Å²) < 4.78 is 5.51. The number of rotatable bonds is 6. The Bertz CT molecular complexity index is 739. The van der Waals surface area contributed by atoms with Gasteiger partial charge < -0.3 is 15.0 Å². The van der Waals surface area contributed by atoms with Gasteiger partial charge in [0.1, 0.15) is 5.75 Å². The van der Waals surface area contributed by atoms with Gasteiger partial charge in [-0.2, -0.15) is 0 Å². The molecule has 130 valence electrons. The zero-order valence-corrected chi connectivity index (χ0v) is 14.3. The molecule has 1 N–H and O–H groups in total. The molecule has 0 saturated carbocycles. The molecular formula is C20H22N2O3. The summed E-state index contributed by atoms with van der Waals surface area (Å²) in [6.45, 7) is 2.79. The lowest BCUT2D eigenvalue weighted by atomic mass is 10.1. The molecule has 5 heteroatoms. The van der Waals surface area contributed by atoms with Crippen molar-refractivity contribution in [2.24, 2.45) is 0 Å². The quantitative estimate of drug-likeness (QED) is 0.878. The SMILES string of the molecule is CCc1ccc(NC(=O)COc2ccc(N3CCCC3=O)cc2)cc1. The van der Waals surface area contributed by atoms with Crippen LogP contribution >= 0.6 is 0 Å². The zero-order chi connectivity index (χ0) is 17.6. The maximum Gasteiger partial charge on any atom is 0.262 e. The summed E-state index contributed by atoms with van der Waals surface area (Å²) in [6, 6.07) is 15.0. The summed E-state index contributed by atoms with van der Waals surface area (Å²) in [5.74, 6) is 0.553. The molecule has 0 spiro atoms. The third-order valence-corrected chi connectivity index (χ3v) is 4.24. The van der Waals surface area contributed by atoms with Gasteiger partial charge in [-0.25, -0.2) is 0 Å². The van der Waals surface area contributed by atoms with Crippen molar-refractivity contribution in [2.45, 2.75) is 26.2 Å². The van der Waals surface area contributed by atoms with Gasteiger partial charge in [0.15, 0.2) is 6.61 Å². The van der Waals surface area contributed by atoms with E-state index in [1.807, 2.05) is 36.4 Å². The smallest absolute Gasteiger partial charge is 0.262 e. The van der Waals surface area contributed by atoms with Crippen LogP contribution in [-0.2, 0) is 16.0 Å². The van der Waals surface area contributed by atoms with E-state index in [0.29, 0.717) is 12.2 Å². The van der Waals surface area contributed by atoms with Crippen molar-refractivity contribution in [1.82, 2.24) is 0 Å². The van der Waals surface area contributed by atoms with Crippen LogP contribution in [0.5, 0.6) is 5.75 Å². The Balaban J connectivity index is 1.50. The van der Waals surface area contributed by atoms with E-state index < -0.39 is 0 Å². The molecule has 25 heavy (non-hydrogen) atoms. The first-order valence-corrected chi connectivity index (χ1v) is 8.57. The highest BCUT2D eigenvalue weighted by Crippen LogP contribution is 2.23. The zero-order valence-electron chi connectivity index (χ0n) is 14.3. The number of benzene rings is 2. The van der Waals surface area contributed by atoms with Crippen molar-refractivity contribution < 1.29 is 14.3 Å². The van der Waals surface area contributed by atoms with Crippen LogP contribution in [0.2, 0.25) is 0 Å². The van der Waals surface area contributed by atoms with Gasteiger partial charge >= 0.3 is 0 Å². The molecule has 1 heterocycles. The molecule has 1 aliphatic heterocycles. The van der Waals surface area contributed by atoms with Gasteiger partial charge in [-0.05, 0) is 54.8 Å². The van der Waals surface area contributed by atoms with Gasteiger partial charge in [0.05, 0.1) is 0 Å². The predicted molar refractivity (Wildman–Crippen MR) is 98.0 cm³/mol. The maximum atomic E-state index is 12.0. The standard InChI is InChI=1S/C20H22N2O3/c1-2-15-5-7-16(8-6-15)21-19(23)14-25-18-11-9-17(10-12-18)22-13-3-4-20(22)24/h5-12H,2-4,13-14H2,1H3,(H,21,23). The minimum Gasteiger partial charge on any atom is -0.484 e. The lowest BCUT2D eigenvalue weighted by molar-refractivity contribution is -0.118. The van der Waals surface area contributed by atoms with Gasteiger partial charge in [-0.15, -0.1) is 0 Å². The summed E-state index contributed by atoms with van der Waals surface area (Å²) in [7, 11) is 0. The number of aryl methyl sites for hydroxylation is 1. The van der Waals surface area contributed by atoms with Gasteiger partial charge in [0.2, 0.25) is 5.91 Å². The number of nitrogens with zero attached hydrogens (tertiary/aromatic N) is 1. The van der Waals surface area contributed by atoms with Crippen LogP contribution in [-0.4, -0.2) is 25.0 Å². The molecule has 0 radical (unpaired) electrons. The maximum absolute atomic E-state index is 12.0. The van der Waals surface area contributed by atoms with Crippen LogP contribution in [0.4, 0.5) is 11.4 Å². The van der Waals surface area contributed by atoms with Crippen molar-refractivity contribution >= 4 is 23.2 Å². The lowest BCUT2D eigenvalue weighted by Crippen LogP contribution is -2.23. The van der Waals surface area contributed by atoms with E-state index in [1.54, 1.807) is 17.0 Å². The molecule has 2 aromatic carbocycles. The molecule has 0 aromatic heterocycles. The number of hydrogen-bond acceptors (Lipinski definition) is 3. The molecule has 0 bridgehead atoms. The Kier molecular flexibility index (Phi) is 5.33. The van der Waals surface area contributed by atoms with Crippen molar-refractivity contribution in [2.75, 3.05) is 23.4 Å². The number of carbonyl (C=O) groups excluding carboxylic acids is 2. The Hall–Kier alpha value is -2.82. The van der Waals surface area contributed by atoms with Crippen molar-refractivity contribution in [3.05, 3.63) is 54.1 Å². The van der Waals surface area contributed by atoms with E-state index in [-0.39, 0.29) is 18.4 Å². The van der Waals surface area contributed by atoms with E-state index in [0.717, 1.165) is 30.8 Å². The number of carbonyl (C=O) groups is 2. The number of amides is 2. The summed E-state index contributed by atoms with van der Waals surface area (Å²) in [5, 5.41) is 2.81. The largest absolute Gasteiger partial charge is 0.484 e. The van der Waals surface area contributed by atoms with E-state index in [9.17, 15) is 9.59 Å². The molecule has 0 atom stereocenters. The second-order valence-corrected chi connectivity index (χ2v) is 6.03. The van der Waals surface area contributed by atoms with Crippen LogP contribution in [0.3, 0.4) is 0 Å². The van der Waals surface area contributed by atoms with Crippen molar-refractivity contribution in [3.8, 4) is 5.75 Å². The number of ether oxygens (including phenoxy) is 1. The van der Waals surface area contributed by atoms with Crippen LogP contribution in [0.1, 0.15) is 25.3 Å². The van der Waals surface area contributed by atoms with E-state index in [4.69, 9.17) is 4.74 Å². The van der Waals surface area contributed by atoms with Crippen LogP contribution in [0.25, 0.3) is 0 Å². The molecule has 1 saturated heterocycles. The lowest BCUT2D eigenvalue weighted by Gasteiger charge is -2.16. The predicted octanol–water partition coefficient (Wildman–Crippen LogP) is 3.39. The normalized spacial score (nSPS) is 13.8. The average molecular weight is 338 g/mol. The molecule has 0 unspecified atom stereocenters. The highest BCUT2D eigenvalue weighted by atomic mass is 16.5. The van der Waals surface area contributed by atoms with Crippen LogP contribution in [0.15, 0.2) is 48.5 Å². The second-order valence-electron chi connectivity index (χ2n) is 6.03.